The number of rotatable bonds is 8. The van der Waals surface area contributed by atoms with E-state index >= 15 is 0 Å². The largest absolute Gasteiger partial charge is 0.495 e. The first-order chi connectivity index (χ1) is 14.0. The van der Waals surface area contributed by atoms with Crippen molar-refractivity contribution in [3.63, 3.8) is 0 Å². The van der Waals surface area contributed by atoms with E-state index in [1.807, 2.05) is 0 Å². The second-order valence-electron chi connectivity index (χ2n) is 5.92. The number of benzene rings is 2. The highest BCUT2D eigenvalue weighted by Crippen LogP contribution is 2.35. The fourth-order valence-corrected chi connectivity index (χ4v) is 2.75. The zero-order chi connectivity index (χ0) is 20.8. The molecule has 1 N–H and O–H groups in total. The molecule has 0 saturated heterocycles. The van der Waals surface area contributed by atoms with Crippen molar-refractivity contribution in [2.24, 2.45) is 0 Å². The molecule has 0 spiro atoms. The van der Waals surface area contributed by atoms with Crippen LogP contribution < -0.4 is 14.8 Å². The molecule has 7 nitrogen and oxygen atoms in total. The SMILES string of the molecule is COc1cc(NC(=O)COCc2cc(-c3ccc(F)cc3)on2)c(OC)cc1Cl. The molecule has 1 heterocycles. The third-order valence-electron chi connectivity index (χ3n) is 3.92. The van der Waals surface area contributed by atoms with Gasteiger partial charge in [-0.15, -0.1) is 0 Å². The van der Waals surface area contributed by atoms with E-state index in [1.165, 1.54) is 26.4 Å². The highest BCUT2D eigenvalue weighted by molar-refractivity contribution is 6.32. The normalized spacial score (nSPS) is 10.6. The van der Waals surface area contributed by atoms with Gasteiger partial charge in [0, 0.05) is 23.8 Å². The van der Waals surface area contributed by atoms with Gasteiger partial charge in [0.2, 0.25) is 5.91 Å². The molecule has 0 unspecified atom stereocenters. The van der Waals surface area contributed by atoms with Gasteiger partial charge >= 0.3 is 0 Å². The third-order valence-corrected chi connectivity index (χ3v) is 4.21. The van der Waals surface area contributed by atoms with Gasteiger partial charge in [-0.3, -0.25) is 4.79 Å². The molecule has 0 radical (unpaired) electrons. The minimum absolute atomic E-state index is 0.0686. The van der Waals surface area contributed by atoms with E-state index in [0.29, 0.717) is 39.2 Å². The number of anilines is 1. The highest BCUT2D eigenvalue weighted by Gasteiger charge is 2.13. The molecule has 3 rings (SSSR count). The molecule has 0 atom stereocenters. The molecule has 2 aromatic carbocycles. The van der Waals surface area contributed by atoms with Crippen LogP contribution in [0.15, 0.2) is 47.0 Å². The summed E-state index contributed by atoms with van der Waals surface area (Å²) in [6, 6.07) is 10.6. The van der Waals surface area contributed by atoms with Crippen molar-refractivity contribution >= 4 is 23.2 Å². The molecule has 9 heteroatoms. The number of methoxy groups -OCH3 is 2. The van der Waals surface area contributed by atoms with Gasteiger partial charge < -0.3 is 24.1 Å². The molecule has 0 bridgehead atoms. The van der Waals surface area contributed by atoms with Gasteiger partial charge in [0.15, 0.2) is 5.76 Å². The van der Waals surface area contributed by atoms with E-state index in [9.17, 15) is 9.18 Å². The van der Waals surface area contributed by atoms with Crippen LogP contribution in [0.4, 0.5) is 10.1 Å². The number of carbonyl (C=O) groups excluding carboxylic acids is 1. The summed E-state index contributed by atoms with van der Waals surface area (Å²) < 4.78 is 33.9. The fourth-order valence-electron chi connectivity index (χ4n) is 2.52. The summed E-state index contributed by atoms with van der Waals surface area (Å²) in [5.41, 5.74) is 1.59. The van der Waals surface area contributed by atoms with E-state index in [1.54, 1.807) is 30.3 Å². The van der Waals surface area contributed by atoms with Crippen molar-refractivity contribution < 1.29 is 27.9 Å². The molecule has 0 fully saturated rings. The van der Waals surface area contributed by atoms with Crippen molar-refractivity contribution in [2.45, 2.75) is 6.61 Å². The van der Waals surface area contributed by atoms with E-state index in [2.05, 4.69) is 10.5 Å². The summed E-state index contributed by atoms with van der Waals surface area (Å²) in [6.45, 7) is -0.147. The minimum atomic E-state index is -0.394. The van der Waals surface area contributed by atoms with Crippen LogP contribution in [-0.2, 0) is 16.1 Å². The van der Waals surface area contributed by atoms with Gasteiger partial charge in [-0.2, -0.15) is 0 Å². The summed E-state index contributed by atoms with van der Waals surface area (Å²) >= 11 is 6.05. The number of nitrogens with zero attached hydrogens (tertiary/aromatic N) is 1. The minimum Gasteiger partial charge on any atom is -0.495 e. The van der Waals surface area contributed by atoms with Crippen LogP contribution >= 0.6 is 11.6 Å². The van der Waals surface area contributed by atoms with Gasteiger partial charge in [0.05, 0.1) is 31.5 Å². The highest BCUT2D eigenvalue weighted by atomic mass is 35.5. The number of nitrogens with one attached hydrogen (secondary N) is 1. The van der Waals surface area contributed by atoms with Crippen LogP contribution in [0.2, 0.25) is 5.02 Å². The summed E-state index contributed by atoms with van der Waals surface area (Å²) in [5.74, 6) is 0.544. The number of carbonyl (C=O) groups is 1. The van der Waals surface area contributed by atoms with Crippen LogP contribution in [0, 0.1) is 5.82 Å². The molecule has 0 aliphatic rings. The van der Waals surface area contributed by atoms with Crippen molar-refractivity contribution in [1.29, 1.82) is 0 Å². The topological polar surface area (TPSA) is 82.8 Å². The summed E-state index contributed by atoms with van der Waals surface area (Å²) in [6.07, 6.45) is 0. The Morgan fingerprint density at radius 3 is 2.55 bits per heavy atom. The van der Waals surface area contributed by atoms with Crippen molar-refractivity contribution in [1.82, 2.24) is 5.16 Å². The predicted molar refractivity (Wildman–Crippen MR) is 105 cm³/mol. The van der Waals surface area contributed by atoms with E-state index in [4.69, 9.17) is 30.3 Å². The quantitative estimate of drug-likeness (QED) is 0.584. The summed E-state index contributed by atoms with van der Waals surface area (Å²) in [4.78, 5) is 12.2. The first-order valence-electron chi connectivity index (χ1n) is 8.51. The Morgan fingerprint density at radius 1 is 1.14 bits per heavy atom. The lowest BCUT2D eigenvalue weighted by atomic mass is 10.1. The molecule has 29 heavy (non-hydrogen) atoms. The lowest BCUT2D eigenvalue weighted by molar-refractivity contribution is -0.121. The summed E-state index contributed by atoms with van der Waals surface area (Å²) in [7, 11) is 2.94. The Bertz CT molecular complexity index is 991. The Kier molecular flexibility index (Phi) is 6.69. The zero-order valence-electron chi connectivity index (χ0n) is 15.7. The van der Waals surface area contributed by atoms with E-state index < -0.39 is 5.91 Å². The van der Waals surface area contributed by atoms with Gasteiger partial charge in [-0.05, 0) is 24.3 Å². The van der Waals surface area contributed by atoms with Crippen LogP contribution in [0.1, 0.15) is 5.69 Å². The molecular formula is C20H18ClFN2O5. The second-order valence-corrected chi connectivity index (χ2v) is 6.32. The number of hydrogen-bond donors (Lipinski definition) is 1. The first-order valence-corrected chi connectivity index (χ1v) is 8.88. The third kappa shape index (κ3) is 5.24. The number of aromatic nitrogens is 1. The molecule has 152 valence electrons. The van der Waals surface area contributed by atoms with Crippen LogP contribution in [0.5, 0.6) is 11.5 Å². The van der Waals surface area contributed by atoms with E-state index in [-0.39, 0.29) is 19.0 Å². The Balaban J connectivity index is 1.55. The van der Waals surface area contributed by atoms with Gasteiger partial charge in [0.25, 0.3) is 0 Å². The van der Waals surface area contributed by atoms with Crippen LogP contribution in [-0.4, -0.2) is 31.9 Å². The lowest BCUT2D eigenvalue weighted by Gasteiger charge is -2.13. The Hall–Kier alpha value is -3.10. The standard InChI is InChI=1S/C20H18ClFN2O5/c1-26-18-9-16(19(27-2)8-15(18)21)23-20(25)11-28-10-14-7-17(29-24-14)12-3-5-13(22)6-4-12/h3-9H,10-11H2,1-2H3,(H,23,25). The van der Waals surface area contributed by atoms with Crippen molar-refractivity contribution in [3.8, 4) is 22.8 Å². The zero-order valence-corrected chi connectivity index (χ0v) is 16.5. The van der Waals surface area contributed by atoms with Crippen molar-refractivity contribution in [3.05, 3.63) is 59.0 Å². The molecule has 0 aliphatic carbocycles. The van der Waals surface area contributed by atoms with Crippen LogP contribution in [0.3, 0.4) is 0 Å². The second kappa shape index (κ2) is 9.40. The molecule has 0 aliphatic heterocycles. The van der Waals surface area contributed by atoms with Gasteiger partial charge in [-0.1, -0.05) is 16.8 Å². The van der Waals surface area contributed by atoms with Crippen LogP contribution in [0.25, 0.3) is 11.3 Å². The number of halogens is 2. The van der Waals surface area contributed by atoms with Gasteiger partial charge in [-0.25, -0.2) is 4.39 Å². The molecule has 1 aromatic heterocycles. The molecule has 3 aromatic rings. The molecule has 1 amide bonds. The predicted octanol–water partition coefficient (Wildman–Crippen LogP) is 4.31. The number of amides is 1. The maximum atomic E-state index is 13.0. The van der Waals surface area contributed by atoms with E-state index in [0.717, 1.165) is 0 Å². The average Bonchev–Trinajstić information content (AvgIpc) is 3.18. The Morgan fingerprint density at radius 2 is 1.86 bits per heavy atom. The molecule has 0 saturated carbocycles. The summed E-state index contributed by atoms with van der Waals surface area (Å²) in [5, 5.41) is 6.92. The first kappa shape index (κ1) is 20.6. The number of ether oxygens (including phenoxy) is 3. The lowest BCUT2D eigenvalue weighted by Crippen LogP contribution is -2.18. The van der Waals surface area contributed by atoms with Crippen molar-refractivity contribution in [2.75, 3.05) is 26.1 Å². The Labute approximate surface area is 171 Å². The smallest absolute Gasteiger partial charge is 0.250 e. The fraction of sp³-hybridized carbons (Fsp3) is 0.200. The maximum absolute atomic E-state index is 13.0. The monoisotopic (exact) mass is 420 g/mol. The van der Waals surface area contributed by atoms with Gasteiger partial charge in [0.1, 0.15) is 29.6 Å². The maximum Gasteiger partial charge on any atom is 0.250 e. The molecular weight excluding hydrogens is 403 g/mol. The average molecular weight is 421 g/mol. The number of hydrogen-bond acceptors (Lipinski definition) is 6.